The summed E-state index contributed by atoms with van der Waals surface area (Å²) in [7, 11) is 0. The fourth-order valence-corrected chi connectivity index (χ4v) is 2.08. The molecule has 0 aromatic heterocycles. The molecule has 19 heavy (non-hydrogen) atoms. The fraction of sp³-hybridized carbons (Fsp3) is 0.250. The molecular formula is C16H16F2O. The lowest BCUT2D eigenvalue weighted by atomic mass is 10.0. The molecule has 2 aromatic carbocycles. The number of aliphatic hydroxyl groups is 1. The van der Waals surface area contributed by atoms with Crippen LogP contribution in [0.2, 0.25) is 0 Å². The van der Waals surface area contributed by atoms with Crippen molar-refractivity contribution < 1.29 is 13.9 Å². The van der Waals surface area contributed by atoms with Crippen molar-refractivity contribution in [1.29, 1.82) is 0 Å². The molecule has 2 aromatic rings. The predicted octanol–water partition coefficient (Wildman–Crippen LogP) is 4.02. The highest BCUT2D eigenvalue weighted by Crippen LogP contribution is 2.23. The van der Waals surface area contributed by atoms with E-state index in [-0.39, 0.29) is 5.56 Å². The highest BCUT2D eigenvalue weighted by molar-refractivity contribution is 5.21. The number of aliphatic hydroxyl groups excluding tert-OH is 1. The predicted molar refractivity (Wildman–Crippen MR) is 70.7 cm³/mol. The average molecular weight is 262 g/mol. The Morgan fingerprint density at radius 1 is 0.947 bits per heavy atom. The summed E-state index contributed by atoms with van der Waals surface area (Å²) < 4.78 is 26.5. The number of benzene rings is 2. The zero-order valence-corrected chi connectivity index (χ0v) is 10.5. The van der Waals surface area contributed by atoms with Gasteiger partial charge in [-0.3, -0.25) is 0 Å². The highest BCUT2D eigenvalue weighted by Gasteiger charge is 2.15. The first-order valence-corrected chi connectivity index (χ1v) is 6.34. The van der Waals surface area contributed by atoms with Gasteiger partial charge in [0.15, 0.2) is 11.6 Å². The maximum Gasteiger partial charge on any atom is 0.164 e. The number of rotatable bonds is 5. The van der Waals surface area contributed by atoms with Crippen molar-refractivity contribution in [2.75, 3.05) is 0 Å². The number of hydrogen-bond acceptors (Lipinski definition) is 1. The van der Waals surface area contributed by atoms with Crippen LogP contribution < -0.4 is 0 Å². The van der Waals surface area contributed by atoms with Crippen LogP contribution in [-0.2, 0) is 6.42 Å². The molecule has 0 saturated heterocycles. The van der Waals surface area contributed by atoms with Gasteiger partial charge in [-0.2, -0.15) is 0 Å². The van der Waals surface area contributed by atoms with Gasteiger partial charge in [-0.1, -0.05) is 42.5 Å². The molecule has 100 valence electrons. The molecule has 0 radical (unpaired) electrons. The van der Waals surface area contributed by atoms with E-state index in [1.54, 1.807) is 0 Å². The topological polar surface area (TPSA) is 20.2 Å². The van der Waals surface area contributed by atoms with E-state index in [1.807, 2.05) is 30.3 Å². The Morgan fingerprint density at radius 3 is 2.42 bits per heavy atom. The van der Waals surface area contributed by atoms with E-state index in [4.69, 9.17) is 0 Å². The molecule has 1 nitrogen and oxygen atoms in total. The second-order valence-corrected chi connectivity index (χ2v) is 4.54. The largest absolute Gasteiger partial charge is 0.388 e. The average Bonchev–Trinajstić information content (AvgIpc) is 2.43. The molecule has 0 aliphatic carbocycles. The third-order valence-electron chi connectivity index (χ3n) is 3.13. The first kappa shape index (κ1) is 13.7. The molecular weight excluding hydrogens is 246 g/mol. The number of hydrogen-bond donors (Lipinski definition) is 1. The van der Waals surface area contributed by atoms with Crippen molar-refractivity contribution in [3.63, 3.8) is 0 Å². The zero-order valence-electron chi connectivity index (χ0n) is 10.5. The normalized spacial score (nSPS) is 12.4. The number of aryl methyl sites for hydroxylation is 1. The van der Waals surface area contributed by atoms with Gasteiger partial charge in [0.25, 0.3) is 0 Å². The Labute approximate surface area is 111 Å². The highest BCUT2D eigenvalue weighted by atomic mass is 19.2. The van der Waals surface area contributed by atoms with Crippen molar-refractivity contribution in [3.8, 4) is 0 Å². The van der Waals surface area contributed by atoms with Crippen LogP contribution in [-0.4, -0.2) is 5.11 Å². The standard InChI is InChI=1S/C16H16F2O/c17-14-10-5-9-13(16(14)18)15(19)11-4-8-12-6-2-1-3-7-12/h1-3,5-7,9-10,15,19H,4,8,11H2. The third kappa shape index (κ3) is 3.61. The van der Waals surface area contributed by atoms with Crippen molar-refractivity contribution in [2.45, 2.75) is 25.4 Å². The summed E-state index contributed by atoms with van der Waals surface area (Å²) in [6.07, 6.45) is 0.991. The molecule has 3 heteroatoms. The molecule has 0 saturated carbocycles. The van der Waals surface area contributed by atoms with E-state index in [0.717, 1.165) is 18.9 Å². The summed E-state index contributed by atoms with van der Waals surface area (Å²) in [5, 5.41) is 9.90. The lowest BCUT2D eigenvalue weighted by Gasteiger charge is -2.12. The van der Waals surface area contributed by atoms with E-state index in [0.29, 0.717) is 6.42 Å². The maximum atomic E-state index is 13.5. The van der Waals surface area contributed by atoms with Gasteiger partial charge in [0.1, 0.15) is 0 Å². The van der Waals surface area contributed by atoms with Gasteiger partial charge in [-0.15, -0.1) is 0 Å². The molecule has 1 unspecified atom stereocenters. The van der Waals surface area contributed by atoms with E-state index >= 15 is 0 Å². The molecule has 1 N–H and O–H groups in total. The SMILES string of the molecule is OC(CCCc1ccccc1)c1cccc(F)c1F. The Kier molecular flexibility index (Phi) is 4.63. The van der Waals surface area contributed by atoms with Crippen LogP contribution in [0.5, 0.6) is 0 Å². The summed E-state index contributed by atoms with van der Waals surface area (Å²) in [6.45, 7) is 0. The van der Waals surface area contributed by atoms with E-state index in [9.17, 15) is 13.9 Å². The van der Waals surface area contributed by atoms with Gasteiger partial charge in [-0.05, 0) is 30.9 Å². The first-order chi connectivity index (χ1) is 9.18. The molecule has 0 spiro atoms. The summed E-state index contributed by atoms with van der Waals surface area (Å²) >= 11 is 0. The van der Waals surface area contributed by atoms with Gasteiger partial charge in [0.2, 0.25) is 0 Å². The lowest BCUT2D eigenvalue weighted by molar-refractivity contribution is 0.159. The van der Waals surface area contributed by atoms with E-state index < -0.39 is 17.7 Å². The first-order valence-electron chi connectivity index (χ1n) is 6.34. The minimum atomic E-state index is -0.959. The Balaban J connectivity index is 1.91. The van der Waals surface area contributed by atoms with Crippen LogP contribution in [0.4, 0.5) is 8.78 Å². The van der Waals surface area contributed by atoms with Crippen LogP contribution in [0, 0.1) is 11.6 Å². The van der Waals surface area contributed by atoms with Gasteiger partial charge >= 0.3 is 0 Å². The van der Waals surface area contributed by atoms with Gasteiger partial charge < -0.3 is 5.11 Å². The second-order valence-electron chi connectivity index (χ2n) is 4.54. The van der Waals surface area contributed by atoms with Gasteiger partial charge in [0, 0.05) is 5.56 Å². The Morgan fingerprint density at radius 2 is 1.68 bits per heavy atom. The summed E-state index contributed by atoms with van der Waals surface area (Å²) in [5.74, 6) is -1.87. The molecule has 0 amide bonds. The second kappa shape index (κ2) is 6.43. The van der Waals surface area contributed by atoms with E-state index in [2.05, 4.69) is 0 Å². The smallest absolute Gasteiger partial charge is 0.164 e. The minimum absolute atomic E-state index is 0.0352. The zero-order chi connectivity index (χ0) is 13.7. The summed E-state index contributed by atoms with van der Waals surface area (Å²) in [4.78, 5) is 0. The molecule has 0 aliphatic heterocycles. The summed E-state index contributed by atoms with van der Waals surface area (Å²) in [5.41, 5.74) is 1.21. The van der Waals surface area contributed by atoms with Crippen molar-refractivity contribution >= 4 is 0 Å². The summed E-state index contributed by atoms with van der Waals surface area (Å²) in [6, 6.07) is 13.8. The van der Waals surface area contributed by atoms with Crippen molar-refractivity contribution in [3.05, 3.63) is 71.3 Å². The fourth-order valence-electron chi connectivity index (χ4n) is 2.08. The molecule has 2 rings (SSSR count). The van der Waals surface area contributed by atoms with Gasteiger partial charge in [0.05, 0.1) is 6.10 Å². The molecule has 0 bridgehead atoms. The lowest BCUT2D eigenvalue weighted by Crippen LogP contribution is -2.03. The van der Waals surface area contributed by atoms with Crippen molar-refractivity contribution in [2.24, 2.45) is 0 Å². The molecule has 1 atom stereocenters. The molecule has 0 fully saturated rings. The van der Waals surface area contributed by atoms with E-state index in [1.165, 1.54) is 17.7 Å². The number of halogens is 2. The van der Waals surface area contributed by atoms with Crippen LogP contribution in [0.25, 0.3) is 0 Å². The Bertz CT molecular complexity index is 526. The van der Waals surface area contributed by atoms with Crippen LogP contribution in [0.1, 0.15) is 30.1 Å². The molecule has 0 aliphatic rings. The van der Waals surface area contributed by atoms with Crippen LogP contribution in [0.15, 0.2) is 48.5 Å². The van der Waals surface area contributed by atoms with Crippen molar-refractivity contribution in [1.82, 2.24) is 0 Å². The monoisotopic (exact) mass is 262 g/mol. The quantitative estimate of drug-likeness (QED) is 0.862. The Hall–Kier alpha value is -1.74. The van der Waals surface area contributed by atoms with Gasteiger partial charge in [-0.25, -0.2) is 8.78 Å². The van der Waals surface area contributed by atoms with Crippen LogP contribution in [0.3, 0.4) is 0 Å². The maximum absolute atomic E-state index is 13.5. The minimum Gasteiger partial charge on any atom is -0.388 e. The van der Waals surface area contributed by atoms with Crippen LogP contribution >= 0.6 is 0 Å². The third-order valence-corrected chi connectivity index (χ3v) is 3.13. The molecule has 0 heterocycles.